The number of aryl methyl sites for hydroxylation is 2. The van der Waals surface area contributed by atoms with Crippen molar-refractivity contribution < 1.29 is 9.53 Å². The van der Waals surface area contributed by atoms with Gasteiger partial charge in [-0.1, -0.05) is 18.2 Å². The molecule has 4 heteroatoms. The van der Waals surface area contributed by atoms with E-state index in [0.717, 1.165) is 22.6 Å². The monoisotopic (exact) mass is 284 g/mol. The van der Waals surface area contributed by atoms with E-state index in [1.165, 1.54) is 0 Å². The van der Waals surface area contributed by atoms with E-state index < -0.39 is 6.10 Å². The number of rotatable bonds is 5. The van der Waals surface area contributed by atoms with Crippen LogP contribution in [-0.4, -0.2) is 17.0 Å². The van der Waals surface area contributed by atoms with Gasteiger partial charge in [-0.15, -0.1) is 0 Å². The summed E-state index contributed by atoms with van der Waals surface area (Å²) in [5.74, 6) is 0.594. The molecule has 1 N–H and O–H groups in total. The molecule has 1 aromatic carbocycles. The van der Waals surface area contributed by atoms with Gasteiger partial charge in [-0.05, 0) is 50.1 Å². The Balaban J connectivity index is 1.92. The number of aromatic nitrogens is 1. The molecule has 2 aromatic rings. The van der Waals surface area contributed by atoms with Crippen LogP contribution in [0.25, 0.3) is 0 Å². The third-order valence-corrected chi connectivity index (χ3v) is 3.19. The number of ether oxygens (including phenoxy) is 1. The molecule has 110 valence electrons. The molecule has 0 aliphatic heterocycles. The summed E-state index contributed by atoms with van der Waals surface area (Å²) < 4.78 is 5.74. The fourth-order valence-electron chi connectivity index (χ4n) is 1.90. The van der Waals surface area contributed by atoms with Crippen LogP contribution in [-0.2, 0) is 11.3 Å². The maximum atomic E-state index is 12.1. The number of pyridine rings is 1. The van der Waals surface area contributed by atoms with E-state index in [1.54, 1.807) is 13.1 Å². The quantitative estimate of drug-likeness (QED) is 0.918. The highest BCUT2D eigenvalue weighted by molar-refractivity contribution is 5.80. The molecule has 4 nitrogen and oxygen atoms in total. The summed E-state index contributed by atoms with van der Waals surface area (Å²) >= 11 is 0. The van der Waals surface area contributed by atoms with Gasteiger partial charge in [-0.25, -0.2) is 0 Å². The number of benzene rings is 1. The summed E-state index contributed by atoms with van der Waals surface area (Å²) in [5.41, 5.74) is 2.95. The Morgan fingerprint density at radius 2 is 2.10 bits per heavy atom. The second-order valence-electron chi connectivity index (χ2n) is 5.07. The van der Waals surface area contributed by atoms with Gasteiger partial charge in [0.1, 0.15) is 5.75 Å². The van der Waals surface area contributed by atoms with Crippen molar-refractivity contribution in [1.82, 2.24) is 10.3 Å². The van der Waals surface area contributed by atoms with E-state index in [0.29, 0.717) is 6.54 Å². The minimum absolute atomic E-state index is 0.151. The van der Waals surface area contributed by atoms with Crippen molar-refractivity contribution >= 4 is 5.91 Å². The molecule has 0 aliphatic carbocycles. The molecule has 1 aromatic heterocycles. The molecule has 2 rings (SSSR count). The van der Waals surface area contributed by atoms with Crippen molar-refractivity contribution in [3.63, 3.8) is 0 Å². The average Bonchev–Trinajstić information content (AvgIpc) is 2.49. The van der Waals surface area contributed by atoms with Gasteiger partial charge in [0.05, 0.1) is 12.2 Å². The highest BCUT2D eigenvalue weighted by Gasteiger charge is 2.15. The lowest BCUT2D eigenvalue weighted by Crippen LogP contribution is -2.36. The highest BCUT2D eigenvalue weighted by atomic mass is 16.5. The number of carbonyl (C=O) groups excluding carboxylic acids is 1. The molecule has 0 saturated heterocycles. The minimum atomic E-state index is -0.547. The van der Waals surface area contributed by atoms with Crippen LogP contribution in [0.2, 0.25) is 0 Å². The topological polar surface area (TPSA) is 51.2 Å². The van der Waals surface area contributed by atoms with Crippen LogP contribution in [0.15, 0.2) is 42.6 Å². The van der Waals surface area contributed by atoms with E-state index in [2.05, 4.69) is 10.3 Å². The number of nitrogens with one attached hydrogen (secondary N) is 1. The standard InChI is InChI=1S/C17H20N2O2/c1-12-7-8-13(2)16(10-12)21-14(3)17(20)19-11-15-6-4-5-9-18-15/h4-10,14H,11H2,1-3H3,(H,19,20)/t14-/m1/s1. The Bertz CT molecular complexity index is 611. The number of hydrogen-bond acceptors (Lipinski definition) is 3. The SMILES string of the molecule is Cc1ccc(C)c(O[C@H](C)C(=O)NCc2ccccn2)c1. The zero-order chi connectivity index (χ0) is 15.2. The van der Waals surface area contributed by atoms with E-state index in [9.17, 15) is 4.79 Å². The maximum Gasteiger partial charge on any atom is 0.261 e. The van der Waals surface area contributed by atoms with Gasteiger partial charge in [-0.3, -0.25) is 9.78 Å². The molecule has 1 heterocycles. The first kappa shape index (κ1) is 15.0. The Kier molecular flexibility index (Phi) is 4.93. The lowest BCUT2D eigenvalue weighted by molar-refractivity contribution is -0.127. The summed E-state index contributed by atoms with van der Waals surface area (Å²) in [6, 6.07) is 11.6. The Morgan fingerprint density at radius 3 is 2.81 bits per heavy atom. The summed E-state index contributed by atoms with van der Waals surface area (Å²) in [7, 11) is 0. The van der Waals surface area contributed by atoms with Gasteiger partial charge in [0.15, 0.2) is 6.10 Å². The molecule has 0 radical (unpaired) electrons. The molecule has 0 spiro atoms. The Hall–Kier alpha value is -2.36. The number of carbonyl (C=O) groups is 1. The first-order chi connectivity index (χ1) is 10.1. The van der Waals surface area contributed by atoms with Crippen LogP contribution in [0, 0.1) is 13.8 Å². The second kappa shape index (κ2) is 6.88. The third-order valence-electron chi connectivity index (χ3n) is 3.19. The minimum Gasteiger partial charge on any atom is -0.481 e. The van der Waals surface area contributed by atoms with Gasteiger partial charge >= 0.3 is 0 Å². The maximum absolute atomic E-state index is 12.1. The van der Waals surface area contributed by atoms with Crippen LogP contribution >= 0.6 is 0 Å². The van der Waals surface area contributed by atoms with Gasteiger partial charge in [-0.2, -0.15) is 0 Å². The molecular formula is C17H20N2O2. The third kappa shape index (κ3) is 4.31. The van der Waals surface area contributed by atoms with E-state index in [1.807, 2.05) is 50.2 Å². The molecular weight excluding hydrogens is 264 g/mol. The van der Waals surface area contributed by atoms with E-state index >= 15 is 0 Å². The summed E-state index contributed by atoms with van der Waals surface area (Å²) in [5, 5.41) is 2.83. The highest BCUT2D eigenvalue weighted by Crippen LogP contribution is 2.20. The first-order valence-electron chi connectivity index (χ1n) is 6.98. The molecule has 0 aliphatic rings. The van der Waals surface area contributed by atoms with Crippen LogP contribution in [0.3, 0.4) is 0 Å². The van der Waals surface area contributed by atoms with Gasteiger partial charge in [0.2, 0.25) is 0 Å². The van der Waals surface area contributed by atoms with Crippen LogP contribution < -0.4 is 10.1 Å². The van der Waals surface area contributed by atoms with Crippen molar-refractivity contribution in [3.05, 3.63) is 59.4 Å². The molecule has 0 saturated carbocycles. The lowest BCUT2D eigenvalue weighted by Gasteiger charge is -2.16. The zero-order valence-corrected chi connectivity index (χ0v) is 12.6. The van der Waals surface area contributed by atoms with Crippen molar-refractivity contribution in [2.45, 2.75) is 33.4 Å². The van der Waals surface area contributed by atoms with Gasteiger partial charge < -0.3 is 10.1 Å². The molecule has 0 fully saturated rings. The van der Waals surface area contributed by atoms with Gasteiger partial charge in [0.25, 0.3) is 5.91 Å². The fourth-order valence-corrected chi connectivity index (χ4v) is 1.90. The van der Waals surface area contributed by atoms with Gasteiger partial charge in [0, 0.05) is 6.20 Å². The average molecular weight is 284 g/mol. The molecule has 0 bridgehead atoms. The Labute approximate surface area is 125 Å². The van der Waals surface area contributed by atoms with Crippen molar-refractivity contribution in [2.75, 3.05) is 0 Å². The molecule has 21 heavy (non-hydrogen) atoms. The van der Waals surface area contributed by atoms with Crippen LogP contribution in [0.5, 0.6) is 5.75 Å². The summed E-state index contributed by atoms with van der Waals surface area (Å²) in [6.45, 7) is 6.11. The largest absolute Gasteiger partial charge is 0.481 e. The predicted molar refractivity (Wildman–Crippen MR) is 82.1 cm³/mol. The fraction of sp³-hybridized carbons (Fsp3) is 0.294. The number of amides is 1. The summed E-state index contributed by atoms with van der Waals surface area (Å²) in [4.78, 5) is 16.2. The van der Waals surface area contributed by atoms with Crippen molar-refractivity contribution in [2.24, 2.45) is 0 Å². The summed E-state index contributed by atoms with van der Waals surface area (Å²) in [6.07, 6.45) is 1.16. The predicted octanol–water partition coefficient (Wildman–Crippen LogP) is 2.78. The van der Waals surface area contributed by atoms with Crippen LogP contribution in [0.4, 0.5) is 0 Å². The van der Waals surface area contributed by atoms with Crippen molar-refractivity contribution in [3.8, 4) is 5.75 Å². The zero-order valence-electron chi connectivity index (χ0n) is 12.6. The first-order valence-corrected chi connectivity index (χ1v) is 6.98. The molecule has 1 amide bonds. The molecule has 0 unspecified atom stereocenters. The number of nitrogens with zero attached hydrogens (tertiary/aromatic N) is 1. The Morgan fingerprint density at radius 1 is 1.29 bits per heavy atom. The van der Waals surface area contributed by atoms with E-state index in [-0.39, 0.29) is 5.91 Å². The smallest absolute Gasteiger partial charge is 0.261 e. The van der Waals surface area contributed by atoms with Crippen LogP contribution in [0.1, 0.15) is 23.7 Å². The van der Waals surface area contributed by atoms with E-state index in [4.69, 9.17) is 4.74 Å². The number of hydrogen-bond donors (Lipinski definition) is 1. The second-order valence-corrected chi connectivity index (χ2v) is 5.07. The normalized spacial score (nSPS) is 11.8. The lowest BCUT2D eigenvalue weighted by atomic mass is 10.1. The van der Waals surface area contributed by atoms with Crippen molar-refractivity contribution in [1.29, 1.82) is 0 Å². The molecule has 1 atom stereocenters.